The van der Waals surface area contributed by atoms with Crippen LogP contribution in [0.4, 0.5) is 0 Å². The number of nitrogens with one attached hydrogen (secondary N) is 1. The number of hydrogen-bond acceptors (Lipinski definition) is 3. The van der Waals surface area contributed by atoms with Crippen LogP contribution in [-0.4, -0.2) is 39.0 Å². The minimum Gasteiger partial charge on any atom is -0.385 e. The van der Waals surface area contributed by atoms with E-state index in [1.807, 2.05) is 0 Å². The van der Waals surface area contributed by atoms with Gasteiger partial charge in [-0.3, -0.25) is 0 Å². The standard InChI is InChI=1S/C12H25NO2/c1-11(7-9-14-2)13-8-10-15-12-5-3-4-6-12/h11-13H,3-10H2,1-2H3. The van der Waals surface area contributed by atoms with Gasteiger partial charge in [0.15, 0.2) is 0 Å². The third kappa shape index (κ3) is 6.13. The summed E-state index contributed by atoms with van der Waals surface area (Å²) in [6.07, 6.45) is 6.84. The summed E-state index contributed by atoms with van der Waals surface area (Å²) in [5.74, 6) is 0. The van der Waals surface area contributed by atoms with Gasteiger partial charge in [-0.15, -0.1) is 0 Å². The fourth-order valence-electron chi connectivity index (χ4n) is 1.98. The Morgan fingerprint density at radius 2 is 2.00 bits per heavy atom. The van der Waals surface area contributed by atoms with E-state index in [1.165, 1.54) is 25.7 Å². The molecule has 0 aliphatic heterocycles. The van der Waals surface area contributed by atoms with E-state index in [4.69, 9.17) is 9.47 Å². The fraction of sp³-hybridized carbons (Fsp3) is 1.00. The van der Waals surface area contributed by atoms with E-state index in [1.54, 1.807) is 7.11 Å². The summed E-state index contributed by atoms with van der Waals surface area (Å²) in [7, 11) is 1.75. The molecule has 90 valence electrons. The van der Waals surface area contributed by atoms with Crippen LogP contribution in [0, 0.1) is 0 Å². The largest absolute Gasteiger partial charge is 0.385 e. The van der Waals surface area contributed by atoms with Gasteiger partial charge in [-0.25, -0.2) is 0 Å². The Morgan fingerprint density at radius 1 is 1.27 bits per heavy atom. The van der Waals surface area contributed by atoms with Gasteiger partial charge in [0.25, 0.3) is 0 Å². The highest BCUT2D eigenvalue weighted by molar-refractivity contribution is 4.67. The highest BCUT2D eigenvalue weighted by atomic mass is 16.5. The predicted octanol–water partition coefficient (Wildman–Crippen LogP) is 1.96. The van der Waals surface area contributed by atoms with Gasteiger partial charge in [0.05, 0.1) is 12.7 Å². The molecule has 0 radical (unpaired) electrons. The van der Waals surface area contributed by atoms with Gasteiger partial charge < -0.3 is 14.8 Å². The summed E-state index contributed by atoms with van der Waals surface area (Å²) in [6.45, 7) is 4.83. The van der Waals surface area contributed by atoms with Crippen LogP contribution in [-0.2, 0) is 9.47 Å². The summed E-state index contributed by atoms with van der Waals surface area (Å²) in [6, 6.07) is 0.525. The second-order valence-corrected chi connectivity index (χ2v) is 4.41. The first-order chi connectivity index (χ1) is 7.33. The molecule has 0 amide bonds. The maximum absolute atomic E-state index is 5.76. The molecule has 3 heteroatoms. The topological polar surface area (TPSA) is 30.5 Å². The van der Waals surface area contributed by atoms with Gasteiger partial charge in [0.2, 0.25) is 0 Å². The summed E-state index contributed by atoms with van der Waals surface area (Å²) in [5.41, 5.74) is 0. The van der Waals surface area contributed by atoms with E-state index in [0.717, 1.165) is 26.2 Å². The van der Waals surface area contributed by atoms with Crippen molar-refractivity contribution in [3.8, 4) is 0 Å². The Labute approximate surface area is 93.5 Å². The third-order valence-corrected chi connectivity index (χ3v) is 3.01. The normalized spacial score (nSPS) is 19.6. The molecule has 0 spiro atoms. The van der Waals surface area contributed by atoms with Crippen molar-refractivity contribution in [2.45, 2.75) is 51.2 Å². The van der Waals surface area contributed by atoms with E-state index < -0.39 is 0 Å². The first-order valence-electron chi connectivity index (χ1n) is 6.17. The molecule has 1 atom stereocenters. The second-order valence-electron chi connectivity index (χ2n) is 4.41. The van der Waals surface area contributed by atoms with Crippen molar-refractivity contribution in [3.05, 3.63) is 0 Å². The molecule has 1 saturated carbocycles. The highest BCUT2D eigenvalue weighted by Crippen LogP contribution is 2.20. The van der Waals surface area contributed by atoms with Crippen molar-refractivity contribution in [2.24, 2.45) is 0 Å². The van der Waals surface area contributed by atoms with E-state index in [0.29, 0.717) is 12.1 Å². The van der Waals surface area contributed by atoms with Crippen LogP contribution >= 0.6 is 0 Å². The number of ether oxygens (including phenoxy) is 2. The molecule has 1 unspecified atom stereocenters. The maximum atomic E-state index is 5.76. The van der Waals surface area contributed by atoms with Crippen molar-refractivity contribution >= 4 is 0 Å². The lowest BCUT2D eigenvalue weighted by Gasteiger charge is -2.15. The van der Waals surface area contributed by atoms with E-state index in [2.05, 4.69) is 12.2 Å². The van der Waals surface area contributed by atoms with Crippen molar-refractivity contribution in [2.75, 3.05) is 26.9 Å². The molecule has 3 nitrogen and oxygen atoms in total. The fourth-order valence-corrected chi connectivity index (χ4v) is 1.98. The van der Waals surface area contributed by atoms with Crippen LogP contribution in [0.15, 0.2) is 0 Å². The monoisotopic (exact) mass is 215 g/mol. The van der Waals surface area contributed by atoms with Crippen LogP contribution in [0.2, 0.25) is 0 Å². The van der Waals surface area contributed by atoms with E-state index in [9.17, 15) is 0 Å². The molecule has 15 heavy (non-hydrogen) atoms. The lowest BCUT2D eigenvalue weighted by molar-refractivity contribution is 0.0587. The van der Waals surface area contributed by atoms with Crippen molar-refractivity contribution in [1.82, 2.24) is 5.32 Å². The predicted molar refractivity (Wildman–Crippen MR) is 62.2 cm³/mol. The minimum absolute atomic E-state index is 0.525. The summed E-state index contributed by atoms with van der Waals surface area (Å²) >= 11 is 0. The molecule has 1 fully saturated rings. The molecular formula is C12H25NO2. The van der Waals surface area contributed by atoms with E-state index in [-0.39, 0.29) is 0 Å². The van der Waals surface area contributed by atoms with Crippen LogP contribution in [0.3, 0.4) is 0 Å². The molecule has 1 aliphatic rings. The highest BCUT2D eigenvalue weighted by Gasteiger charge is 2.14. The van der Waals surface area contributed by atoms with Gasteiger partial charge in [0, 0.05) is 26.3 Å². The van der Waals surface area contributed by atoms with Crippen molar-refractivity contribution < 1.29 is 9.47 Å². The average molecular weight is 215 g/mol. The second kappa shape index (κ2) is 8.08. The molecule has 0 aromatic heterocycles. The van der Waals surface area contributed by atoms with Crippen molar-refractivity contribution in [1.29, 1.82) is 0 Å². The first kappa shape index (κ1) is 12.9. The Hall–Kier alpha value is -0.120. The lowest BCUT2D eigenvalue weighted by Crippen LogP contribution is -2.31. The third-order valence-electron chi connectivity index (χ3n) is 3.01. The smallest absolute Gasteiger partial charge is 0.0594 e. The van der Waals surface area contributed by atoms with Gasteiger partial charge in [-0.1, -0.05) is 12.8 Å². The molecule has 1 N–H and O–H groups in total. The Kier molecular flexibility index (Phi) is 6.98. The molecule has 0 heterocycles. The SMILES string of the molecule is COCCC(C)NCCOC1CCCC1. The van der Waals surface area contributed by atoms with Gasteiger partial charge in [0.1, 0.15) is 0 Å². The minimum atomic E-state index is 0.525. The molecular weight excluding hydrogens is 190 g/mol. The van der Waals surface area contributed by atoms with E-state index >= 15 is 0 Å². The van der Waals surface area contributed by atoms with Gasteiger partial charge in [-0.05, 0) is 26.2 Å². The molecule has 0 aromatic rings. The lowest BCUT2D eigenvalue weighted by atomic mass is 10.2. The van der Waals surface area contributed by atoms with Crippen molar-refractivity contribution in [3.63, 3.8) is 0 Å². The van der Waals surface area contributed by atoms with Crippen LogP contribution < -0.4 is 5.32 Å². The zero-order chi connectivity index (χ0) is 10.9. The zero-order valence-corrected chi connectivity index (χ0v) is 10.1. The number of rotatable bonds is 8. The molecule has 0 bridgehead atoms. The Morgan fingerprint density at radius 3 is 2.67 bits per heavy atom. The molecule has 1 rings (SSSR count). The number of hydrogen-bond donors (Lipinski definition) is 1. The number of methoxy groups -OCH3 is 1. The van der Waals surface area contributed by atoms with Gasteiger partial charge >= 0.3 is 0 Å². The first-order valence-corrected chi connectivity index (χ1v) is 6.17. The Balaban J connectivity index is 1.87. The van der Waals surface area contributed by atoms with Crippen LogP contribution in [0.5, 0.6) is 0 Å². The van der Waals surface area contributed by atoms with Crippen LogP contribution in [0.1, 0.15) is 39.0 Å². The molecule has 1 aliphatic carbocycles. The Bertz CT molecular complexity index is 147. The summed E-state index contributed by atoms with van der Waals surface area (Å²) in [5, 5.41) is 3.44. The molecule has 0 saturated heterocycles. The quantitative estimate of drug-likeness (QED) is 0.628. The zero-order valence-electron chi connectivity index (χ0n) is 10.1. The maximum Gasteiger partial charge on any atom is 0.0594 e. The van der Waals surface area contributed by atoms with Crippen LogP contribution in [0.25, 0.3) is 0 Å². The summed E-state index contributed by atoms with van der Waals surface area (Å²) < 4.78 is 10.8. The average Bonchev–Trinajstić information content (AvgIpc) is 2.74. The summed E-state index contributed by atoms with van der Waals surface area (Å²) in [4.78, 5) is 0. The molecule has 0 aromatic carbocycles. The van der Waals surface area contributed by atoms with Gasteiger partial charge in [-0.2, -0.15) is 0 Å².